The van der Waals surface area contributed by atoms with Gasteiger partial charge in [0.15, 0.2) is 0 Å². The summed E-state index contributed by atoms with van der Waals surface area (Å²) >= 11 is 3.59. The van der Waals surface area contributed by atoms with Gasteiger partial charge in [0.05, 0.1) is 0 Å². The molecular weight excluding hydrogens is 240 g/mol. The molecule has 0 bridgehead atoms. The molecule has 1 heterocycles. The Hall–Kier alpha value is -0.800. The molecule has 2 rings (SSSR count). The highest BCUT2D eigenvalue weighted by Crippen LogP contribution is 2.28. The maximum absolute atomic E-state index is 3.59. The van der Waals surface area contributed by atoms with Gasteiger partial charge in [-0.3, -0.25) is 0 Å². The maximum Gasteiger partial charge on any atom is 0.0492 e. The van der Waals surface area contributed by atoms with Crippen LogP contribution in [0.2, 0.25) is 0 Å². The summed E-state index contributed by atoms with van der Waals surface area (Å²) in [5.41, 5.74) is 2.60. The van der Waals surface area contributed by atoms with Crippen molar-refractivity contribution in [1.82, 2.24) is 9.88 Å². The zero-order chi connectivity index (χ0) is 10.1. The predicted molar refractivity (Wildman–Crippen MR) is 63.4 cm³/mol. The number of aryl methyl sites for hydroxylation is 1. The summed E-state index contributed by atoms with van der Waals surface area (Å²) < 4.78 is 3.30. The number of nitrogens with one attached hydrogen (secondary N) is 1. The van der Waals surface area contributed by atoms with Crippen LogP contribution in [-0.2, 0) is 13.6 Å². The van der Waals surface area contributed by atoms with Crippen LogP contribution in [0, 0.1) is 0 Å². The van der Waals surface area contributed by atoms with Crippen molar-refractivity contribution in [2.24, 2.45) is 7.05 Å². The Morgan fingerprint density at radius 1 is 1.43 bits per heavy atom. The Balaban J connectivity index is 2.72. The van der Waals surface area contributed by atoms with Crippen molar-refractivity contribution in [2.75, 3.05) is 7.05 Å². The number of halogens is 1. The molecule has 2 aromatic rings. The highest BCUT2D eigenvalue weighted by atomic mass is 79.9. The van der Waals surface area contributed by atoms with Gasteiger partial charge in [0, 0.05) is 35.2 Å². The molecule has 2 nitrogen and oxygen atoms in total. The third-order valence-electron chi connectivity index (χ3n) is 2.42. The summed E-state index contributed by atoms with van der Waals surface area (Å²) in [5.74, 6) is 0. The molecule has 0 fully saturated rings. The fourth-order valence-corrected chi connectivity index (χ4v) is 2.56. The first-order valence-electron chi connectivity index (χ1n) is 4.61. The molecule has 0 saturated carbocycles. The zero-order valence-electron chi connectivity index (χ0n) is 8.34. The molecule has 0 aliphatic carbocycles. The summed E-state index contributed by atoms with van der Waals surface area (Å²) in [7, 11) is 4.03. The van der Waals surface area contributed by atoms with Gasteiger partial charge in [-0.05, 0) is 34.6 Å². The number of fused-ring (bicyclic) bond motifs is 1. The number of nitrogens with zero attached hydrogens (tertiary/aromatic N) is 1. The SMILES string of the molecule is CNCc1cccc2c1c(Br)cn2C. The molecule has 0 radical (unpaired) electrons. The minimum atomic E-state index is 0.903. The quantitative estimate of drug-likeness (QED) is 0.870. The minimum absolute atomic E-state index is 0.903. The van der Waals surface area contributed by atoms with E-state index in [9.17, 15) is 0 Å². The molecule has 74 valence electrons. The van der Waals surface area contributed by atoms with Crippen molar-refractivity contribution in [3.63, 3.8) is 0 Å². The third-order valence-corrected chi connectivity index (χ3v) is 3.02. The third kappa shape index (κ3) is 1.47. The van der Waals surface area contributed by atoms with E-state index in [1.54, 1.807) is 0 Å². The van der Waals surface area contributed by atoms with E-state index in [0.29, 0.717) is 0 Å². The lowest BCUT2D eigenvalue weighted by molar-refractivity contribution is 0.823. The molecule has 0 amide bonds. The molecule has 1 aromatic carbocycles. The van der Waals surface area contributed by atoms with Crippen molar-refractivity contribution >= 4 is 26.8 Å². The zero-order valence-corrected chi connectivity index (χ0v) is 9.93. The summed E-state index contributed by atoms with van der Waals surface area (Å²) in [6.45, 7) is 0.903. The summed E-state index contributed by atoms with van der Waals surface area (Å²) in [6.07, 6.45) is 2.10. The van der Waals surface area contributed by atoms with E-state index in [1.165, 1.54) is 20.9 Å². The average Bonchev–Trinajstić information content (AvgIpc) is 2.44. The van der Waals surface area contributed by atoms with Gasteiger partial charge in [-0.2, -0.15) is 0 Å². The number of rotatable bonds is 2. The highest BCUT2D eigenvalue weighted by Gasteiger charge is 2.07. The molecule has 1 aromatic heterocycles. The van der Waals surface area contributed by atoms with Crippen molar-refractivity contribution in [3.05, 3.63) is 34.4 Å². The number of benzene rings is 1. The Labute approximate surface area is 92.0 Å². The number of hydrogen-bond donors (Lipinski definition) is 1. The molecule has 0 spiro atoms. The van der Waals surface area contributed by atoms with Gasteiger partial charge in [0.1, 0.15) is 0 Å². The van der Waals surface area contributed by atoms with Crippen LogP contribution in [0.25, 0.3) is 10.9 Å². The fraction of sp³-hybridized carbons (Fsp3) is 0.273. The van der Waals surface area contributed by atoms with Gasteiger partial charge >= 0.3 is 0 Å². The lowest BCUT2D eigenvalue weighted by atomic mass is 10.1. The Kier molecular flexibility index (Phi) is 2.61. The predicted octanol–water partition coefficient (Wildman–Crippen LogP) is 2.66. The fourth-order valence-electron chi connectivity index (χ4n) is 1.80. The van der Waals surface area contributed by atoms with Crippen molar-refractivity contribution in [3.8, 4) is 0 Å². The van der Waals surface area contributed by atoms with Gasteiger partial charge in [0.2, 0.25) is 0 Å². The molecule has 0 unspecified atom stereocenters. The first-order valence-corrected chi connectivity index (χ1v) is 5.40. The first-order chi connectivity index (χ1) is 6.74. The standard InChI is InChI=1S/C11H13BrN2/c1-13-6-8-4-3-5-10-11(8)9(12)7-14(10)2/h3-5,7,13H,6H2,1-2H3. The van der Waals surface area contributed by atoms with Gasteiger partial charge in [-0.1, -0.05) is 12.1 Å². The molecule has 3 heteroatoms. The molecular formula is C11H13BrN2. The average molecular weight is 253 g/mol. The normalized spacial score (nSPS) is 11.1. The van der Waals surface area contributed by atoms with Crippen LogP contribution in [0.15, 0.2) is 28.9 Å². The van der Waals surface area contributed by atoms with Gasteiger partial charge < -0.3 is 9.88 Å². The van der Waals surface area contributed by atoms with E-state index in [1.807, 2.05) is 7.05 Å². The van der Waals surface area contributed by atoms with E-state index < -0.39 is 0 Å². The van der Waals surface area contributed by atoms with E-state index in [2.05, 4.69) is 57.3 Å². The Morgan fingerprint density at radius 2 is 2.21 bits per heavy atom. The number of hydrogen-bond acceptors (Lipinski definition) is 1. The van der Waals surface area contributed by atoms with Crippen LogP contribution in [-0.4, -0.2) is 11.6 Å². The second-order valence-corrected chi connectivity index (χ2v) is 4.28. The monoisotopic (exact) mass is 252 g/mol. The Morgan fingerprint density at radius 3 is 2.93 bits per heavy atom. The second kappa shape index (κ2) is 3.75. The smallest absolute Gasteiger partial charge is 0.0492 e. The topological polar surface area (TPSA) is 17.0 Å². The molecule has 0 atom stereocenters. The van der Waals surface area contributed by atoms with E-state index in [4.69, 9.17) is 0 Å². The largest absolute Gasteiger partial charge is 0.349 e. The molecule has 0 aliphatic heterocycles. The van der Waals surface area contributed by atoms with Gasteiger partial charge in [0.25, 0.3) is 0 Å². The van der Waals surface area contributed by atoms with Crippen LogP contribution < -0.4 is 5.32 Å². The van der Waals surface area contributed by atoms with Crippen LogP contribution in [0.1, 0.15) is 5.56 Å². The summed E-state index contributed by atoms with van der Waals surface area (Å²) in [4.78, 5) is 0. The van der Waals surface area contributed by atoms with Crippen LogP contribution in [0.5, 0.6) is 0 Å². The van der Waals surface area contributed by atoms with E-state index >= 15 is 0 Å². The van der Waals surface area contributed by atoms with Crippen LogP contribution in [0.4, 0.5) is 0 Å². The van der Waals surface area contributed by atoms with Gasteiger partial charge in [-0.25, -0.2) is 0 Å². The molecule has 0 saturated heterocycles. The summed E-state index contributed by atoms with van der Waals surface area (Å²) in [5, 5.41) is 4.49. The summed E-state index contributed by atoms with van der Waals surface area (Å²) in [6, 6.07) is 6.39. The number of aromatic nitrogens is 1. The van der Waals surface area contributed by atoms with E-state index in [0.717, 1.165) is 6.54 Å². The highest BCUT2D eigenvalue weighted by molar-refractivity contribution is 9.10. The maximum atomic E-state index is 3.59. The molecule has 0 aliphatic rings. The Bertz CT molecular complexity index is 460. The lowest BCUT2D eigenvalue weighted by Crippen LogP contribution is -2.05. The molecule has 1 N–H and O–H groups in total. The minimum Gasteiger partial charge on any atom is -0.349 e. The second-order valence-electron chi connectivity index (χ2n) is 3.43. The van der Waals surface area contributed by atoms with Crippen molar-refractivity contribution in [2.45, 2.75) is 6.54 Å². The lowest BCUT2D eigenvalue weighted by Gasteiger charge is -2.03. The van der Waals surface area contributed by atoms with Crippen LogP contribution in [0.3, 0.4) is 0 Å². The van der Waals surface area contributed by atoms with Crippen molar-refractivity contribution < 1.29 is 0 Å². The van der Waals surface area contributed by atoms with Crippen molar-refractivity contribution in [1.29, 1.82) is 0 Å². The van der Waals surface area contributed by atoms with Crippen LogP contribution >= 0.6 is 15.9 Å². The molecule has 14 heavy (non-hydrogen) atoms. The first kappa shape index (κ1) is 9.74. The van der Waals surface area contributed by atoms with Gasteiger partial charge in [-0.15, -0.1) is 0 Å². The van der Waals surface area contributed by atoms with E-state index in [-0.39, 0.29) is 0 Å².